The first-order chi connectivity index (χ1) is 10.5. The van der Waals surface area contributed by atoms with Crippen molar-refractivity contribution >= 4 is 17.5 Å². The van der Waals surface area contributed by atoms with Gasteiger partial charge in [0, 0.05) is 31.8 Å². The van der Waals surface area contributed by atoms with Crippen LogP contribution in [0.25, 0.3) is 0 Å². The highest BCUT2D eigenvalue weighted by Crippen LogP contribution is 2.40. The predicted molar refractivity (Wildman–Crippen MR) is 84.5 cm³/mol. The number of likely N-dealkylation sites (tertiary alicyclic amines) is 2. The number of aliphatic hydroxyl groups excluding tert-OH is 1. The molecule has 5 nitrogen and oxygen atoms in total. The molecule has 2 aliphatic heterocycles. The van der Waals surface area contributed by atoms with Crippen LogP contribution in [0.3, 0.4) is 0 Å². The van der Waals surface area contributed by atoms with E-state index in [1.54, 1.807) is 25.3 Å². The van der Waals surface area contributed by atoms with Gasteiger partial charge in [-0.2, -0.15) is 0 Å². The number of rotatable bonds is 3. The summed E-state index contributed by atoms with van der Waals surface area (Å²) in [6.45, 7) is 2.53. The number of carbonyl (C=O) groups is 1. The Kier molecular flexibility index (Phi) is 4.05. The second kappa shape index (κ2) is 5.72. The predicted octanol–water partition coefficient (Wildman–Crippen LogP) is 1.49. The van der Waals surface area contributed by atoms with E-state index in [1.165, 1.54) is 0 Å². The Hall–Kier alpha value is -1.30. The molecule has 2 saturated heterocycles. The zero-order valence-electron chi connectivity index (χ0n) is 12.9. The second-order valence-electron chi connectivity index (χ2n) is 6.37. The van der Waals surface area contributed by atoms with Crippen molar-refractivity contribution in [1.82, 2.24) is 9.80 Å². The first-order valence-corrected chi connectivity index (χ1v) is 7.82. The number of likely N-dealkylation sites (N-methyl/N-ethyl adjacent to an activating group) is 1. The van der Waals surface area contributed by atoms with Gasteiger partial charge in [-0.1, -0.05) is 11.6 Å². The number of amides is 1. The molecule has 2 aliphatic rings. The summed E-state index contributed by atoms with van der Waals surface area (Å²) in [5.41, 5.74) is 0.624. The molecule has 1 N–H and O–H groups in total. The molecule has 2 heterocycles. The lowest BCUT2D eigenvalue weighted by molar-refractivity contribution is -0.00774. The van der Waals surface area contributed by atoms with E-state index >= 15 is 0 Å². The zero-order valence-corrected chi connectivity index (χ0v) is 13.6. The number of nitrogens with zero attached hydrogens (tertiary/aromatic N) is 2. The van der Waals surface area contributed by atoms with E-state index in [4.69, 9.17) is 16.3 Å². The highest BCUT2D eigenvalue weighted by Gasteiger charge is 2.52. The number of halogens is 1. The number of benzene rings is 1. The average Bonchev–Trinajstić information content (AvgIpc) is 2.82. The van der Waals surface area contributed by atoms with Crippen LogP contribution >= 0.6 is 11.6 Å². The summed E-state index contributed by atoms with van der Waals surface area (Å²) in [6.07, 6.45) is 0.952. The third-order valence-electron chi connectivity index (χ3n) is 4.92. The van der Waals surface area contributed by atoms with Crippen LogP contribution in [0.2, 0.25) is 5.02 Å². The minimum absolute atomic E-state index is 0.00368. The van der Waals surface area contributed by atoms with Crippen molar-refractivity contribution in [3.8, 4) is 5.75 Å². The van der Waals surface area contributed by atoms with E-state index in [2.05, 4.69) is 11.9 Å². The maximum atomic E-state index is 12.5. The monoisotopic (exact) mass is 324 g/mol. The van der Waals surface area contributed by atoms with Gasteiger partial charge in [-0.25, -0.2) is 0 Å². The van der Waals surface area contributed by atoms with Gasteiger partial charge < -0.3 is 14.7 Å². The lowest BCUT2D eigenvalue weighted by atomic mass is 9.84. The number of aliphatic hydroxyl groups is 1. The minimum Gasteiger partial charge on any atom is -0.495 e. The summed E-state index contributed by atoms with van der Waals surface area (Å²) >= 11 is 6.09. The molecule has 0 aromatic heterocycles. The maximum absolute atomic E-state index is 12.5. The van der Waals surface area contributed by atoms with Crippen molar-refractivity contribution < 1.29 is 14.6 Å². The topological polar surface area (TPSA) is 53.0 Å². The fraction of sp³-hybridized carbons (Fsp3) is 0.562. The van der Waals surface area contributed by atoms with Gasteiger partial charge in [0.2, 0.25) is 0 Å². The molecule has 22 heavy (non-hydrogen) atoms. The average molecular weight is 325 g/mol. The molecule has 0 bridgehead atoms. The lowest BCUT2D eigenvalue weighted by Gasteiger charge is -2.52. The molecule has 6 heteroatoms. The fourth-order valence-electron chi connectivity index (χ4n) is 3.62. The summed E-state index contributed by atoms with van der Waals surface area (Å²) in [6, 6.07) is 5.12. The molecule has 120 valence electrons. The third-order valence-corrected chi connectivity index (χ3v) is 5.22. The number of ether oxygens (including phenoxy) is 1. The molecule has 2 fully saturated rings. The molecule has 0 saturated carbocycles. The van der Waals surface area contributed by atoms with Crippen LogP contribution in [0.5, 0.6) is 5.75 Å². The van der Waals surface area contributed by atoms with Gasteiger partial charge in [-0.3, -0.25) is 9.69 Å². The van der Waals surface area contributed by atoms with E-state index in [-0.39, 0.29) is 18.1 Å². The van der Waals surface area contributed by atoms with Crippen LogP contribution in [0.4, 0.5) is 0 Å². The van der Waals surface area contributed by atoms with Gasteiger partial charge in [0.1, 0.15) is 5.75 Å². The fourth-order valence-corrected chi connectivity index (χ4v) is 3.88. The molecule has 0 unspecified atom stereocenters. The van der Waals surface area contributed by atoms with E-state index in [0.717, 1.165) is 13.0 Å². The van der Waals surface area contributed by atoms with Crippen molar-refractivity contribution in [2.75, 3.05) is 40.4 Å². The van der Waals surface area contributed by atoms with Gasteiger partial charge in [-0.15, -0.1) is 0 Å². The molecule has 1 aromatic rings. The Balaban J connectivity index is 1.68. The number of hydrogen-bond acceptors (Lipinski definition) is 4. The Morgan fingerprint density at radius 3 is 2.77 bits per heavy atom. The van der Waals surface area contributed by atoms with Gasteiger partial charge >= 0.3 is 0 Å². The van der Waals surface area contributed by atoms with E-state index in [1.807, 2.05) is 4.90 Å². The maximum Gasteiger partial charge on any atom is 0.254 e. The number of carbonyl (C=O) groups excluding carboxylic acids is 1. The second-order valence-corrected chi connectivity index (χ2v) is 6.78. The number of methoxy groups -OCH3 is 1. The van der Waals surface area contributed by atoms with Gasteiger partial charge in [0.05, 0.1) is 17.7 Å². The highest BCUT2D eigenvalue weighted by atomic mass is 35.5. The Bertz CT molecular complexity index is 587. The summed E-state index contributed by atoms with van der Waals surface area (Å²) < 4.78 is 5.11. The number of hydrogen-bond donors (Lipinski definition) is 1. The standard InChI is InChI=1S/C16H21ClN2O3/c1-18-7-11(8-20)6-16(18)9-19(10-16)15(21)12-3-4-14(22-2)13(17)5-12/h3-5,11,20H,6-10H2,1-2H3/t11-/m0/s1. The van der Waals surface area contributed by atoms with Crippen LogP contribution < -0.4 is 4.74 Å². The van der Waals surface area contributed by atoms with Crippen molar-refractivity contribution in [3.63, 3.8) is 0 Å². The Labute approximate surface area is 135 Å². The molecular formula is C16H21ClN2O3. The Morgan fingerprint density at radius 1 is 1.50 bits per heavy atom. The Morgan fingerprint density at radius 2 is 2.23 bits per heavy atom. The molecule has 0 aliphatic carbocycles. The lowest BCUT2D eigenvalue weighted by Crippen LogP contribution is -2.68. The SMILES string of the molecule is COc1ccc(C(=O)N2CC3(C[C@H](CO)CN3C)C2)cc1Cl. The first kappa shape index (κ1) is 15.6. The van der Waals surface area contributed by atoms with E-state index in [0.29, 0.717) is 35.3 Å². The van der Waals surface area contributed by atoms with Crippen LogP contribution in [0.1, 0.15) is 16.8 Å². The van der Waals surface area contributed by atoms with Gasteiger partial charge in [0.25, 0.3) is 5.91 Å². The van der Waals surface area contributed by atoms with Crippen molar-refractivity contribution in [1.29, 1.82) is 0 Å². The van der Waals surface area contributed by atoms with Crippen molar-refractivity contribution in [2.24, 2.45) is 5.92 Å². The quantitative estimate of drug-likeness (QED) is 0.915. The molecule has 1 atom stereocenters. The summed E-state index contributed by atoms with van der Waals surface area (Å²) in [4.78, 5) is 16.7. The van der Waals surface area contributed by atoms with Crippen LogP contribution in [0.15, 0.2) is 18.2 Å². The van der Waals surface area contributed by atoms with E-state index in [9.17, 15) is 9.90 Å². The van der Waals surface area contributed by atoms with Crippen molar-refractivity contribution in [3.05, 3.63) is 28.8 Å². The highest BCUT2D eigenvalue weighted by molar-refractivity contribution is 6.32. The van der Waals surface area contributed by atoms with Crippen LogP contribution in [-0.4, -0.2) is 66.8 Å². The zero-order chi connectivity index (χ0) is 15.9. The van der Waals surface area contributed by atoms with E-state index < -0.39 is 0 Å². The van der Waals surface area contributed by atoms with Gasteiger partial charge in [-0.05, 0) is 37.6 Å². The molecule has 1 amide bonds. The first-order valence-electron chi connectivity index (χ1n) is 7.44. The smallest absolute Gasteiger partial charge is 0.254 e. The largest absolute Gasteiger partial charge is 0.495 e. The molecule has 3 rings (SSSR count). The van der Waals surface area contributed by atoms with Crippen molar-refractivity contribution in [2.45, 2.75) is 12.0 Å². The van der Waals surface area contributed by atoms with Crippen LogP contribution in [0, 0.1) is 5.92 Å². The normalized spacial score (nSPS) is 23.6. The molecule has 1 aromatic carbocycles. The summed E-state index contributed by atoms with van der Waals surface area (Å²) in [7, 11) is 3.62. The third kappa shape index (κ3) is 2.47. The van der Waals surface area contributed by atoms with Crippen LogP contribution in [-0.2, 0) is 0 Å². The molecule has 1 spiro atoms. The van der Waals surface area contributed by atoms with Gasteiger partial charge in [0.15, 0.2) is 0 Å². The summed E-state index contributed by atoms with van der Waals surface area (Å²) in [5.74, 6) is 0.883. The molecular weight excluding hydrogens is 304 g/mol. The molecule has 0 radical (unpaired) electrons. The summed E-state index contributed by atoms with van der Waals surface area (Å²) in [5, 5.41) is 9.78. The minimum atomic E-state index is -0.00368.